The van der Waals surface area contributed by atoms with Gasteiger partial charge in [-0.05, 0) is 41.6 Å². The Labute approximate surface area is 153 Å². The van der Waals surface area contributed by atoms with Crippen LogP contribution in [-0.4, -0.2) is 17.6 Å². The maximum Gasteiger partial charge on any atom is 0.324 e. The number of halogens is 2. The topological polar surface area (TPSA) is 40.5 Å². The fourth-order valence-corrected chi connectivity index (χ4v) is 4.13. The summed E-state index contributed by atoms with van der Waals surface area (Å²) in [5.41, 5.74) is 0.830. The average molecular weight is 378 g/mol. The van der Waals surface area contributed by atoms with E-state index in [9.17, 15) is 9.90 Å². The van der Waals surface area contributed by atoms with Crippen molar-refractivity contribution < 1.29 is 9.90 Å². The van der Waals surface area contributed by atoms with Gasteiger partial charge in [-0.2, -0.15) is 0 Å². The van der Waals surface area contributed by atoms with Crippen molar-refractivity contribution in [2.45, 2.75) is 4.90 Å². The van der Waals surface area contributed by atoms with E-state index in [-0.39, 0.29) is 6.54 Å². The van der Waals surface area contributed by atoms with E-state index in [0.29, 0.717) is 10.0 Å². The van der Waals surface area contributed by atoms with Crippen LogP contribution in [0.3, 0.4) is 0 Å². The second kappa shape index (κ2) is 7.34. The van der Waals surface area contributed by atoms with E-state index in [2.05, 4.69) is 0 Å². The van der Waals surface area contributed by atoms with E-state index >= 15 is 0 Å². The summed E-state index contributed by atoms with van der Waals surface area (Å²) >= 11 is 13.4. The maximum absolute atomic E-state index is 11.3. The molecule has 0 heterocycles. The third-order valence-corrected chi connectivity index (χ3v) is 4.79. The van der Waals surface area contributed by atoms with Crippen LogP contribution in [0, 0.1) is 0 Å². The van der Waals surface area contributed by atoms with Crippen molar-refractivity contribution >= 4 is 57.6 Å². The van der Waals surface area contributed by atoms with E-state index in [4.69, 9.17) is 23.2 Å². The molecule has 0 aliphatic carbocycles. The number of aliphatic carboxylic acids is 1. The molecule has 0 unspecified atom stereocenters. The normalized spacial score (nSPS) is 10.8. The Hall–Kier alpha value is -1.88. The predicted molar refractivity (Wildman–Crippen MR) is 101 cm³/mol. The van der Waals surface area contributed by atoms with Gasteiger partial charge in [0.25, 0.3) is 0 Å². The monoisotopic (exact) mass is 377 g/mol. The first-order valence-electron chi connectivity index (χ1n) is 7.14. The highest BCUT2D eigenvalue weighted by molar-refractivity contribution is 8.00. The number of anilines is 1. The number of carbonyl (C=O) groups is 1. The third kappa shape index (κ3) is 3.96. The molecule has 0 aliphatic heterocycles. The van der Waals surface area contributed by atoms with E-state index < -0.39 is 5.97 Å². The van der Waals surface area contributed by atoms with Crippen molar-refractivity contribution in [2.24, 2.45) is 0 Å². The van der Waals surface area contributed by atoms with Gasteiger partial charge in [-0.25, -0.2) is 0 Å². The molecular weight excluding hydrogens is 365 g/mol. The molecule has 122 valence electrons. The Morgan fingerprint density at radius 2 is 1.67 bits per heavy atom. The minimum Gasteiger partial charge on any atom is -0.480 e. The van der Waals surface area contributed by atoms with Crippen molar-refractivity contribution in [3.8, 4) is 0 Å². The zero-order chi connectivity index (χ0) is 17.1. The van der Waals surface area contributed by atoms with Crippen LogP contribution < -0.4 is 4.31 Å². The first-order valence-corrected chi connectivity index (χ1v) is 8.67. The van der Waals surface area contributed by atoms with Gasteiger partial charge in [-0.3, -0.25) is 4.79 Å². The smallest absolute Gasteiger partial charge is 0.324 e. The summed E-state index contributed by atoms with van der Waals surface area (Å²) in [6.07, 6.45) is 0. The number of carboxylic acid groups (broad SMARTS) is 1. The van der Waals surface area contributed by atoms with Gasteiger partial charge in [0.1, 0.15) is 6.54 Å². The van der Waals surface area contributed by atoms with Gasteiger partial charge in [0.2, 0.25) is 0 Å². The minimum absolute atomic E-state index is 0.150. The fourth-order valence-electron chi connectivity index (χ4n) is 2.42. The number of hydrogen-bond acceptors (Lipinski definition) is 3. The zero-order valence-corrected chi connectivity index (χ0v) is 14.8. The second-order valence-corrected chi connectivity index (χ2v) is 7.09. The van der Waals surface area contributed by atoms with Crippen LogP contribution in [-0.2, 0) is 4.79 Å². The summed E-state index contributed by atoms with van der Waals surface area (Å²) in [6, 6.07) is 18.9. The molecule has 0 saturated heterocycles. The van der Waals surface area contributed by atoms with E-state index in [0.717, 1.165) is 21.4 Å². The Morgan fingerprint density at radius 3 is 2.38 bits per heavy atom. The third-order valence-electron chi connectivity index (χ3n) is 3.37. The summed E-state index contributed by atoms with van der Waals surface area (Å²) in [5, 5.41) is 12.4. The van der Waals surface area contributed by atoms with E-state index in [1.54, 1.807) is 22.5 Å². The molecule has 3 rings (SSSR count). The molecule has 0 radical (unpaired) electrons. The number of nitrogens with zero attached hydrogens (tertiary/aromatic N) is 1. The summed E-state index contributed by atoms with van der Waals surface area (Å²) in [4.78, 5) is 12.1. The number of hydrogen-bond donors (Lipinski definition) is 1. The Kier molecular flexibility index (Phi) is 5.19. The lowest BCUT2D eigenvalue weighted by atomic mass is 10.1. The van der Waals surface area contributed by atoms with Crippen LogP contribution in [0.5, 0.6) is 0 Å². The minimum atomic E-state index is -0.913. The molecule has 6 heteroatoms. The van der Waals surface area contributed by atoms with Gasteiger partial charge < -0.3 is 9.41 Å². The highest BCUT2D eigenvalue weighted by Crippen LogP contribution is 2.36. The van der Waals surface area contributed by atoms with Crippen molar-refractivity contribution in [2.75, 3.05) is 10.8 Å². The Morgan fingerprint density at radius 1 is 1.00 bits per heavy atom. The number of fused-ring (bicyclic) bond motifs is 1. The standard InChI is InChI=1S/C18H13Cl2NO2S/c19-13-8-14(20)10-15(9-13)24-21(11-18(22)23)17-7-3-5-12-4-1-2-6-16(12)17/h1-10H,11H2,(H,22,23). The molecule has 24 heavy (non-hydrogen) atoms. The number of carboxylic acids is 1. The van der Waals surface area contributed by atoms with Crippen LogP contribution in [0.1, 0.15) is 0 Å². The molecule has 0 bridgehead atoms. The van der Waals surface area contributed by atoms with Crippen LogP contribution in [0.2, 0.25) is 10.0 Å². The largest absolute Gasteiger partial charge is 0.480 e. The van der Waals surface area contributed by atoms with Gasteiger partial charge in [0.15, 0.2) is 0 Å². The molecule has 3 nitrogen and oxygen atoms in total. The lowest BCUT2D eigenvalue weighted by Gasteiger charge is -2.23. The van der Waals surface area contributed by atoms with Crippen molar-refractivity contribution in [1.82, 2.24) is 0 Å². The molecule has 0 aromatic heterocycles. The van der Waals surface area contributed by atoms with Crippen LogP contribution in [0.25, 0.3) is 10.8 Å². The fraction of sp³-hybridized carbons (Fsp3) is 0.0556. The number of benzene rings is 3. The molecule has 0 atom stereocenters. The summed E-state index contributed by atoms with van der Waals surface area (Å²) in [7, 11) is 0. The first kappa shape index (κ1) is 17.0. The molecular formula is C18H13Cl2NO2S. The summed E-state index contributed by atoms with van der Waals surface area (Å²) in [6.45, 7) is -0.150. The quantitative estimate of drug-likeness (QED) is 0.575. The molecule has 0 aliphatic rings. The lowest BCUT2D eigenvalue weighted by Crippen LogP contribution is -2.23. The van der Waals surface area contributed by atoms with Crippen LogP contribution >= 0.6 is 35.1 Å². The lowest BCUT2D eigenvalue weighted by molar-refractivity contribution is -0.135. The second-order valence-electron chi connectivity index (χ2n) is 5.13. The zero-order valence-electron chi connectivity index (χ0n) is 12.4. The van der Waals surface area contributed by atoms with Crippen molar-refractivity contribution in [3.63, 3.8) is 0 Å². The van der Waals surface area contributed by atoms with Crippen molar-refractivity contribution in [3.05, 3.63) is 70.7 Å². The molecule has 0 fully saturated rings. The maximum atomic E-state index is 11.3. The van der Waals surface area contributed by atoms with E-state index in [1.165, 1.54) is 11.9 Å². The number of rotatable bonds is 5. The Bertz CT molecular complexity index is 876. The van der Waals surface area contributed by atoms with Crippen LogP contribution in [0.4, 0.5) is 5.69 Å². The molecule has 3 aromatic rings. The summed E-state index contributed by atoms with van der Waals surface area (Å²) in [5.74, 6) is -0.913. The first-order chi connectivity index (χ1) is 11.5. The molecule has 0 spiro atoms. The highest BCUT2D eigenvalue weighted by Gasteiger charge is 2.16. The van der Waals surface area contributed by atoms with Gasteiger partial charge in [0, 0.05) is 20.3 Å². The summed E-state index contributed by atoms with van der Waals surface area (Å²) < 4.78 is 1.73. The van der Waals surface area contributed by atoms with Crippen molar-refractivity contribution in [1.29, 1.82) is 0 Å². The Balaban J connectivity index is 2.04. The van der Waals surface area contributed by atoms with Gasteiger partial charge >= 0.3 is 5.97 Å². The molecule has 1 N–H and O–H groups in total. The predicted octanol–water partition coefficient (Wildman–Crippen LogP) is 5.74. The molecule has 0 amide bonds. The molecule has 3 aromatic carbocycles. The van der Waals surface area contributed by atoms with Crippen LogP contribution in [0.15, 0.2) is 65.6 Å². The van der Waals surface area contributed by atoms with Gasteiger partial charge in [0.05, 0.1) is 5.69 Å². The van der Waals surface area contributed by atoms with Gasteiger partial charge in [-0.15, -0.1) is 0 Å². The highest BCUT2D eigenvalue weighted by atomic mass is 35.5. The van der Waals surface area contributed by atoms with Gasteiger partial charge in [-0.1, -0.05) is 59.6 Å². The SMILES string of the molecule is O=C(O)CN(Sc1cc(Cl)cc(Cl)c1)c1cccc2ccccc12. The average Bonchev–Trinajstić information content (AvgIpc) is 2.52. The molecule has 0 saturated carbocycles. The van der Waals surface area contributed by atoms with E-state index in [1.807, 2.05) is 42.5 Å².